The molecule has 0 saturated heterocycles. The van der Waals surface area contributed by atoms with Crippen LogP contribution in [-0.2, 0) is 17.2 Å². The fraction of sp³-hybridized carbons (Fsp3) is 0.294. The minimum absolute atomic E-state index is 0.101. The van der Waals surface area contributed by atoms with Gasteiger partial charge in [-0.3, -0.25) is 10.3 Å². The van der Waals surface area contributed by atoms with Crippen molar-refractivity contribution in [3.8, 4) is 5.75 Å². The van der Waals surface area contributed by atoms with Gasteiger partial charge >= 0.3 is 12.4 Å². The summed E-state index contributed by atoms with van der Waals surface area (Å²) in [6, 6.07) is 4.90. The molecule has 10 heteroatoms. The number of halogens is 6. The Morgan fingerprint density at radius 2 is 1.56 bits per heavy atom. The van der Waals surface area contributed by atoms with Crippen molar-refractivity contribution in [1.82, 2.24) is 0 Å². The summed E-state index contributed by atoms with van der Waals surface area (Å²) in [4.78, 5) is 4.10. The molecule has 0 aromatic heterocycles. The number of phenolic OH excluding ortho intramolecular Hbond substituents is 1. The van der Waals surface area contributed by atoms with Crippen LogP contribution < -0.4 is 5.48 Å². The van der Waals surface area contributed by atoms with Gasteiger partial charge in [0.1, 0.15) is 5.75 Å². The molecule has 2 aromatic rings. The minimum atomic E-state index is -4.82. The van der Waals surface area contributed by atoms with Gasteiger partial charge in [-0.25, -0.2) is 0 Å². The molecule has 0 heterocycles. The highest BCUT2D eigenvalue weighted by atomic mass is 32.2. The molecule has 0 radical (unpaired) electrons. The van der Waals surface area contributed by atoms with E-state index in [9.17, 15) is 31.4 Å². The first-order valence-electron chi connectivity index (χ1n) is 7.60. The van der Waals surface area contributed by atoms with Gasteiger partial charge in [0.2, 0.25) is 0 Å². The molecule has 0 spiro atoms. The Morgan fingerprint density at radius 3 is 2.07 bits per heavy atom. The molecule has 0 amide bonds. The molecule has 3 nitrogen and oxygen atoms in total. The van der Waals surface area contributed by atoms with E-state index in [0.29, 0.717) is 30.0 Å². The summed E-state index contributed by atoms with van der Waals surface area (Å²) in [5.74, 6) is -0.287. The number of anilines is 1. The molecule has 2 rings (SSSR count). The summed E-state index contributed by atoms with van der Waals surface area (Å²) in [7, 11) is 1.28. The highest BCUT2D eigenvalue weighted by molar-refractivity contribution is 7.99. The first-order chi connectivity index (χ1) is 12.5. The van der Waals surface area contributed by atoms with E-state index >= 15 is 0 Å². The van der Waals surface area contributed by atoms with E-state index in [1.54, 1.807) is 0 Å². The van der Waals surface area contributed by atoms with E-state index in [4.69, 9.17) is 0 Å². The zero-order chi connectivity index (χ0) is 20.8. The number of hydrogen-bond acceptors (Lipinski definition) is 4. The van der Waals surface area contributed by atoms with Crippen LogP contribution >= 0.6 is 11.8 Å². The van der Waals surface area contributed by atoms with Gasteiger partial charge in [-0.15, -0.1) is 0 Å². The van der Waals surface area contributed by atoms with Crippen LogP contribution in [-0.4, -0.2) is 12.2 Å². The molecular weight excluding hydrogens is 396 g/mol. The molecule has 0 atom stereocenters. The zero-order valence-corrected chi connectivity index (χ0v) is 15.3. The molecule has 150 valence electrons. The SMILES string of the molecule is CC.CONc1cc(O)cc(Sc2cc(C(F)(F)F)ccc2C(F)(F)F)c1. The van der Waals surface area contributed by atoms with E-state index in [-0.39, 0.29) is 16.3 Å². The molecule has 0 fully saturated rings. The van der Waals surface area contributed by atoms with Crippen molar-refractivity contribution < 1.29 is 36.3 Å². The number of aromatic hydroxyl groups is 1. The molecule has 0 saturated carbocycles. The summed E-state index contributed by atoms with van der Waals surface area (Å²) in [5.41, 5.74) is 0.212. The quantitative estimate of drug-likeness (QED) is 0.439. The van der Waals surface area contributed by atoms with E-state index in [1.807, 2.05) is 13.8 Å². The Labute approximate surface area is 156 Å². The molecule has 0 bridgehead atoms. The number of rotatable bonds is 4. The lowest BCUT2D eigenvalue weighted by Gasteiger charge is -2.16. The van der Waals surface area contributed by atoms with E-state index in [0.717, 1.165) is 6.07 Å². The highest BCUT2D eigenvalue weighted by Gasteiger charge is 2.37. The normalized spacial score (nSPS) is 11.6. The van der Waals surface area contributed by atoms with Gasteiger partial charge in [-0.1, -0.05) is 25.6 Å². The van der Waals surface area contributed by atoms with Crippen molar-refractivity contribution in [3.05, 3.63) is 47.5 Å². The number of alkyl halides is 6. The van der Waals surface area contributed by atoms with Gasteiger partial charge in [-0.2, -0.15) is 26.3 Å². The Bertz CT molecular complexity index is 762. The van der Waals surface area contributed by atoms with E-state index in [1.165, 1.54) is 19.2 Å². The van der Waals surface area contributed by atoms with Gasteiger partial charge in [0, 0.05) is 15.9 Å². The van der Waals surface area contributed by atoms with Crippen LogP contribution in [0, 0.1) is 0 Å². The number of phenols is 1. The average molecular weight is 413 g/mol. The Balaban J connectivity index is 0.00000176. The third-order valence-electron chi connectivity index (χ3n) is 2.95. The topological polar surface area (TPSA) is 41.5 Å². The maximum Gasteiger partial charge on any atom is 0.417 e. The van der Waals surface area contributed by atoms with E-state index in [2.05, 4.69) is 10.3 Å². The molecular formula is C17H17F6NO2S. The zero-order valence-electron chi connectivity index (χ0n) is 14.5. The molecule has 0 unspecified atom stereocenters. The maximum atomic E-state index is 13.1. The van der Waals surface area contributed by atoms with Crippen LogP contribution in [0.15, 0.2) is 46.2 Å². The van der Waals surface area contributed by atoms with Crippen molar-refractivity contribution in [2.45, 2.75) is 36.0 Å². The first-order valence-corrected chi connectivity index (χ1v) is 8.41. The third kappa shape index (κ3) is 6.55. The van der Waals surface area contributed by atoms with Crippen LogP contribution in [0.25, 0.3) is 0 Å². The van der Waals surface area contributed by atoms with Gasteiger partial charge < -0.3 is 5.11 Å². The number of hydrogen-bond donors (Lipinski definition) is 2. The molecule has 0 aliphatic carbocycles. The minimum Gasteiger partial charge on any atom is -0.508 e. The predicted molar refractivity (Wildman–Crippen MR) is 90.7 cm³/mol. The van der Waals surface area contributed by atoms with Crippen molar-refractivity contribution in [3.63, 3.8) is 0 Å². The van der Waals surface area contributed by atoms with Gasteiger partial charge in [-0.05, 0) is 30.3 Å². The smallest absolute Gasteiger partial charge is 0.417 e. The monoisotopic (exact) mass is 413 g/mol. The fourth-order valence-electron chi connectivity index (χ4n) is 1.96. The summed E-state index contributed by atoms with van der Waals surface area (Å²) < 4.78 is 77.7. The second kappa shape index (κ2) is 9.23. The Kier molecular flexibility index (Phi) is 7.85. The van der Waals surface area contributed by atoms with Crippen molar-refractivity contribution in [2.24, 2.45) is 0 Å². The largest absolute Gasteiger partial charge is 0.508 e. The average Bonchev–Trinajstić information content (AvgIpc) is 2.54. The van der Waals surface area contributed by atoms with Gasteiger partial charge in [0.05, 0.1) is 23.9 Å². The van der Waals surface area contributed by atoms with Crippen LogP contribution in [0.1, 0.15) is 25.0 Å². The van der Waals surface area contributed by atoms with Gasteiger partial charge in [0.25, 0.3) is 0 Å². The van der Waals surface area contributed by atoms with Crippen molar-refractivity contribution in [1.29, 1.82) is 0 Å². The molecule has 2 N–H and O–H groups in total. The van der Waals surface area contributed by atoms with Crippen LogP contribution in [0.5, 0.6) is 5.75 Å². The molecule has 27 heavy (non-hydrogen) atoms. The Morgan fingerprint density at radius 1 is 0.926 bits per heavy atom. The van der Waals surface area contributed by atoms with Crippen LogP contribution in [0.2, 0.25) is 0 Å². The lowest BCUT2D eigenvalue weighted by atomic mass is 10.1. The third-order valence-corrected chi connectivity index (χ3v) is 3.98. The predicted octanol–water partition coefficient (Wildman–Crippen LogP) is 6.58. The standard InChI is InChI=1S/C15H11F6NO2S.C2H6/c1-24-22-9-5-10(23)7-11(6-9)25-13-4-8(14(16,17)18)2-3-12(13)15(19,20)21;1-2/h2-7,22-23H,1H3;1-2H3. The lowest BCUT2D eigenvalue weighted by Crippen LogP contribution is -2.10. The lowest BCUT2D eigenvalue weighted by molar-refractivity contribution is -0.143. The molecule has 0 aliphatic rings. The molecule has 0 aliphatic heterocycles. The maximum absolute atomic E-state index is 13.1. The summed E-state index contributed by atoms with van der Waals surface area (Å²) >= 11 is 0.450. The molecule has 2 aromatic carbocycles. The van der Waals surface area contributed by atoms with Crippen molar-refractivity contribution >= 4 is 17.4 Å². The summed E-state index contributed by atoms with van der Waals surface area (Å²) in [6.45, 7) is 4.00. The first kappa shape index (κ1) is 23.0. The second-order valence-electron chi connectivity index (χ2n) is 4.83. The van der Waals surface area contributed by atoms with E-state index < -0.39 is 28.4 Å². The van der Waals surface area contributed by atoms with Crippen molar-refractivity contribution in [2.75, 3.05) is 12.6 Å². The van der Waals surface area contributed by atoms with Crippen LogP contribution in [0.4, 0.5) is 32.0 Å². The number of benzene rings is 2. The highest BCUT2D eigenvalue weighted by Crippen LogP contribution is 2.43. The summed E-state index contributed by atoms with van der Waals surface area (Å²) in [6.07, 6.45) is -9.60. The summed E-state index contributed by atoms with van der Waals surface area (Å²) in [5, 5.41) is 9.60. The number of nitrogens with one attached hydrogen (secondary N) is 1. The second-order valence-corrected chi connectivity index (χ2v) is 5.95. The van der Waals surface area contributed by atoms with Gasteiger partial charge in [0.15, 0.2) is 0 Å². The Hall–Kier alpha value is -2.07. The fourth-order valence-corrected chi connectivity index (χ4v) is 3.06. The van der Waals surface area contributed by atoms with Crippen LogP contribution in [0.3, 0.4) is 0 Å².